The molecule has 0 saturated carbocycles. The molecule has 13 heavy (non-hydrogen) atoms. The number of benzene rings is 1. The second kappa shape index (κ2) is 4.35. The van der Waals surface area contributed by atoms with Crippen molar-refractivity contribution in [1.82, 2.24) is 0 Å². The summed E-state index contributed by atoms with van der Waals surface area (Å²) in [5.41, 5.74) is 6.09. The van der Waals surface area contributed by atoms with Crippen molar-refractivity contribution in [3.8, 4) is 5.75 Å². The topological polar surface area (TPSA) is 72.5 Å². The maximum Gasteiger partial charge on any atom is 0.306 e. The van der Waals surface area contributed by atoms with E-state index in [1.807, 2.05) is 0 Å². The van der Waals surface area contributed by atoms with Gasteiger partial charge in [0.05, 0.1) is 18.7 Å². The molecule has 4 heteroatoms. The van der Waals surface area contributed by atoms with Crippen LogP contribution in [-0.4, -0.2) is 17.7 Å². The van der Waals surface area contributed by atoms with Crippen molar-refractivity contribution in [2.45, 2.75) is 6.42 Å². The number of hydrogen-bond acceptors (Lipinski definition) is 3. The smallest absolute Gasteiger partial charge is 0.306 e. The summed E-state index contributed by atoms with van der Waals surface area (Å²) in [5, 5.41) is 8.35. The first-order valence-corrected chi connectivity index (χ1v) is 3.89. The van der Waals surface area contributed by atoms with Gasteiger partial charge in [-0.05, 0) is 12.1 Å². The lowest BCUT2D eigenvalue weighted by Gasteiger charge is -2.06. The van der Waals surface area contributed by atoms with Gasteiger partial charge in [0, 0.05) is 0 Å². The summed E-state index contributed by atoms with van der Waals surface area (Å²) >= 11 is 0. The van der Waals surface area contributed by atoms with Crippen LogP contribution >= 0.6 is 0 Å². The normalized spacial score (nSPS) is 9.54. The van der Waals surface area contributed by atoms with E-state index in [2.05, 4.69) is 0 Å². The highest BCUT2D eigenvalue weighted by Crippen LogP contribution is 2.19. The molecule has 0 amide bonds. The van der Waals surface area contributed by atoms with Gasteiger partial charge in [-0.2, -0.15) is 0 Å². The van der Waals surface area contributed by atoms with Gasteiger partial charge in [0.25, 0.3) is 0 Å². The molecule has 0 bridgehead atoms. The zero-order valence-corrected chi connectivity index (χ0v) is 7.06. The van der Waals surface area contributed by atoms with Crippen LogP contribution in [-0.2, 0) is 4.79 Å². The molecular formula is C9H11NO3. The van der Waals surface area contributed by atoms with Gasteiger partial charge >= 0.3 is 5.97 Å². The second-order valence-corrected chi connectivity index (χ2v) is 2.53. The highest BCUT2D eigenvalue weighted by molar-refractivity contribution is 5.66. The Morgan fingerprint density at radius 1 is 1.46 bits per heavy atom. The lowest BCUT2D eigenvalue weighted by atomic mass is 10.3. The van der Waals surface area contributed by atoms with E-state index in [1.165, 1.54) is 0 Å². The van der Waals surface area contributed by atoms with Crippen molar-refractivity contribution < 1.29 is 14.6 Å². The van der Waals surface area contributed by atoms with Gasteiger partial charge in [0.2, 0.25) is 0 Å². The Morgan fingerprint density at radius 3 is 2.77 bits per heavy atom. The second-order valence-electron chi connectivity index (χ2n) is 2.53. The van der Waals surface area contributed by atoms with Crippen molar-refractivity contribution >= 4 is 11.7 Å². The molecule has 0 heterocycles. The molecule has 0 aliphatic rings. The van der Waals surface area contributed by atoms with Crippen LogP contribution in [0.1, 0.15) is 6.42 Å². The molecule has 1 aromatic rings. The van der Waals surface area contributed by atoms with E-state index < -0.39 is 5.97 Å². The van der Waals surface area contributed by atoms with Crippen LogP contribution in [0.15, 0.2) is 24.3 Å². The number of carboxylic acids is 1. The number of nitrogen functional groups attached to an aromatic ring is 1. The number of carbonyl (C=O) groups is 1. The maximum atomic E-state index is 10.2. The molecule has 0 aliphatic heterocycles. The summed E-state index contributed by atoms with van der Waals surface area (Å²) < 4.78 is 5.14. The number of para-hydroxylation sites is 2. The quantitative estimate of drug-likeness (QED) is 0.683. The molecule has 70 valence electrons. The predicted octanol–water partition coefficient (Wildman–Crippen LogP) is 1.12. The minimum Gasteiger partial charge on any atom is -0.491 e. The van der Waals surface area contributed by atoms with E-state index in [1.54, 1.807) is 24.3 Å². The van der Waals surface area contributed by atoms with Crippen LogP contribution in [0.25, 0.3) is 0 Å². The van der Waals surface area contributed by atoms with Gasteiger partial charge in [-0.3, -0.25) is 4.79 Å². The van der Waals surface area contributed by atoms with E-state index in [9.17, 15) is 4.79 Å². The van der Waals surface area contributed by atoms with E-state index in [0.717, 1.165) is 0 Å². The first-order chi connectivity index (χ1) is 6.20. The van der Waals surface area contributed by atoms with Crippen molar-refractivity contribution in [1.29, 1.82) is 0 Å². The average Bonchev–Trinajstić information content (AvgIpc) is 2.08. The molecule has 1 rings (SSSR count). The number of rotatable bonds is 4. The Balaban J connectivity index is 2.45. The fourth-order valence-electron chi connectivity index (χ4n) is 0.860. The summed E-state index contributed by atoms with van der Waals surface area (Å²) in [4.78, 5) is 10.2. The third-order valence-electron chi connectivity index (χ3n) is 1.49. The molecule has 0 radical (unpaired) electrons. The van der Waals surface area contributed by atoms with Gasteiger partial charge in [-0.25, -0.2) is 0 Å². The third kappa shape index (κ3) is 3.02. The number of aliphatic carboxylic acids is 1. The van der Waals surface area contributed by atoms with E-state index in [4.69, 9.17) is 15.6 Å². The van der Waals surface area contributed by atoms with Crippen molar-refractivity contribution in [2.75, 3.05) is 12.3 Å². The molecule has 0 saturated heterocycles. The van der Waals surface area contributed by atoms with E-state index in [-0.39, 0.29) is 13.0 Å². The summed E-state index contributed by atoms with van der Waals surface area (Å²) in [5.74, 6) is -0.349. The van der Waals surface area contributed by atoms with Crippen LogP contribution in [0.2, 0.25) is 0 Å². The first-order valence-electron chi connectivity index (χ1n) is 3.89. The van der Waals surface area contributed by atoms with Crippen molar-refractivity contribution in [2.24, 2.45) is 0 Å². The van der Waals surface area contributed by atoms with Crippen molar-refractivity contribution in [3.05, 3.63) is 24.3 Å². The van der Waals surface area contributed by atoms with Crippen LogP contribution in [0.4, 0.5) is 5.69 Å². The zero-order chi connectivity index (χ0) is 9.68. The number of nitrogens with two attached hydrogens (primary N) is 1. The van der Waals surface area contributed by atoms with E-state index in [0.29, 0.717) is 11.4 Å². The third-order valence-corrected chi connectivity index (χ3v) is 1.49. The number of anilines is 1. The standard InChI is InChI=1S/C9H11NO3/c10-7-3-1-2-4-8(7)13-6-5-9(11)12/h1-4H,5-6,10H2,(H,11,12). The van der Waals surface area contributed by atoms with E-state index >= 15 is 0 Å². The van der Waals surface area contributed by atoms with Crippen molar-refractivity contribution in [3.63, 3.8) is 0 Å². The van der Waals surface area contributed by atoms with Gasteiger partial charge < -0.3 is 15.6 Å². The largest absolute Gasteiger partial charge is 0.491 e. The lowest BCUT2D eigenvalue weighted by molar-refractivity contribution is -0.137. The Kier molecular flexibility index (Phi) is 3.14. The molecule has 0 unspecified atom stereocenters. The van der Waals surface area contributed by atoms with Crippen LogP contribution in [0.3, 0.4) is 0 Å². The lowest BCUT2D eigenvalue weighted by Crippen LogP contribution is -2.05. The number of ether oxygens (including phenoxy) is 1. The highest BCUT2D eigenvalue weighted by Gasteiger charge is 2.00. The summed E-state index contributed by atoms with van der Waals surface area (Å²) in [6, 6.07) is 6.99. The molecule has 4 nitrogen and oxygen atoms in total. The number of carboxylic acid groups (broad SMARTS) is 1. The molecule has 0 spiro atoms. The fraction of sp³-hybridized carbons (Fsp3) is 0.222. The van der Waals surface area contributed by atoms with Gasteiger partial charge in [-0.1, -0.05) is 12.1 Å². The Hall–Kier alpha value is -1.71. The fourth-order valence-corrected chi connectivity index (χ4v) is 0.860. The maximum absolute atomic E-state index is 10.2. The van der Waals surface area contributed by atoms with Gasteiger partial charge in [0.15, 0.2) is 0 Å². The number of hydrogen-bond donors (Lipinski definition) is 2. The molecule has 0 atom stereocenters. The molecule has 0 fully saturated rings. The zero-order valence-electron chi connectivity index (χ0n) is 7.06. The minimum absolute atomic E-state index is 0.0195. The monoisotopic (exact) mass is 181 g/mol. The molecule has 1 aromatic carbocycles. The van der Waals surface area contributed by atoms with Gasteiger partial charge in [-0.15, -0.1) is 0 Å². The Bertz CT molecular complexity index is 299. The van der Waals surface area contributed by atoms with Crippen LogP contribution in [0, 0.1) is 0 Å². The molecule has 0 aromatic heterocycles. The van der Waals surface area contributed by atoms with Crippen LogP contribution in [0.5, 0.6) is 5.75 Å². The van der Waals surface area contributed by atoms with Gasteiger partial charge in [0.1, 0.15) is 5.75 Å². The SMILES string of the molecule is Nc1ccccc1OCCC(=O)O. The first kappa shape index (κ1) is 9.38. The minimum atomic E-state index is -0.880. The molecule has 3 N–H and O–H groups in total. The highest BCUT2D eigenvalue weighted by atomic mass is 16.5. The summed E-state index contributed by atoms with van der Waals surface area (Å²) in [6.07, 6.45) is -0.0195. The summed E-state index contributed by atoms with van der Waals surface area (Å²) in [6.45, 7) is 0.142. The Labute approximate surface area is 75.9 Å². The predicted molar refractivity (Wildman–Crippen MR) is 48.6 cm³/mol. The summed E-state index contributed by atoms with van der Waals surface area (Å²) in [7, 11) is 0. The Morgan fingerprint density at radius 2 is 2.15 bits per heavy atom. The average molecular weight is 181 g/mol. The molecule has 0 aliphatic carbocycles. The molecular weight excluding hydrogens is 170 g/mol. The van der Waals surface area contributed by atoms with Crippen LogP contribution < -0.4 is 10.5 Å².